The number of carbonyl (C=O) groups is 1. The topological polar surface area (TPSA) is 38.8 Å². The van der Waals surface area contributed by atoms with Crippen LogP contribution in [0, 0.1) is 5.41 Å². The fourth-order valence-corrected chi connectivity index (χ4v) is 3.12. The number of hydrogen-bond donors (Lipinski definition) is 0. The molecule has 1 aromatic rings. The Hall–Kier alpha value is -0.910. The number of benzene rings is 1. The van der Waals surface area contributed by atoms with E-state index in [1.54, 1.807) is 0 Å². The molecule has 5 heteroatoms. The highest BCUT2D eigenvalue weighted by Crippen LogP contribution is 2.44. The Balaban J connectivity index is 2.42. The van der Waals surface area contributed by atoms with E-state index in [-0.39, 0.29) is 12.0 Å². The molecule has 104 valence electrons. The highest BCUT2D eigenvalue weighted by atomic mass is 79.9. The maximum Gasteiger partial charge on any atom is 0.318 e. The van der Waals surface area contributed by atoms with Crippen molar-refractivity contribution in [2.45, 2.75) is 6.04 Å². The summed E-state index contributed by atoms with van der Waals surface area (Å²) in [4.78, 5) is 14.2. The Morgan fingerprint density at radius 1 is 1.47 bits per heavy atom. The predicted octanol–water partition coefficient (Wildman–Crippen LogP) is 2.24. The van der Waals surface area contributed by atoms with E-state index in [4.69, 9.17) is 9.47 Å². The molecule has 1 saturated heterocycles. The minimum absolute atomic E-state index is 0.0637. The summed E-state index contributed by atoms with van der Waals surface area (Å²) in [7, 11) is 5.36. The van der Waals surface area contributed by atoms with E-state index < -0.39 is 5.41 Å². The highest BCUT2D eigenvalue weighted by Gasteiger charge is 2.54. The lowest BCUT2D eigenvalue weighted by atomic mass is 9.74. The first kappa shape index (κ1) is 14.5. The zero-order valence-electron chi connectivity index (χ0n) is 11.4. The van der Waals surface area contributed by atoms with Crippen molar-refractivity contribution in [2.75, 3.05) is 34.4 Å². The Bertz CT molecular complexity index is 472. The van der Waals surface area contributed by atoms with Crippen molar-refractivity contribution in [1.82, 2.24) is 4.90 Å². The van der Waals surface area contributed by atoms with Crippen LogP contribution in [0.1, 0.15) is 11.6 Å². The minimum atomic E-state index is -0.612. The van der Waals surface area contributed by atoms with Gasteiger partial charge in [0.2, 0.25) is 0 Å². The molecule has 0 spiro atoms. The summed E-state index contributed by atoms with van der Waals surface area (Å²) < 4.78 is 11.3. The molecule has 1 atom stereocenters. The fraction of sp³-hybridized carbons (Fsp3) is 0.500. The SMILES string of the molecule is COC(=O)C1(C(c2cccc(Br)c2)N(C)C)COC1. The van der Waals surface area contributed by atoms with Crippen molar-refractivity contribution in [1.29, 1.82) is 0 Å². The fourth-order valence-electron chi connectivity index (χ4n) is 2.70. The molecule has 0 aliphatic carbocycles. The number of hydrogen-bond acceptors (Lipinski definition) is 4. The first-order valence-corrected chi connectivity index (χ1v) is 6.88. The number of esters is 1. The lowest BCUT2D eigenvalue weighted by molar-refractivity contribution is -0.197. The summed E-state index contributed by atoms with van der Waals surface area (Å²) in [5.74, 6) is -0.211. The number of carbonyl (C=O) groups excluding carboxylic acids is 1. The molecule has 0 bridgehead atoms. The Morgan fingerprint density at radius 2 is 2.16 bits per heavy atom. The van der Waals surface area contributed by atoms with E-state index in [1.165, 1.54) is 7.11 Å². The van der Waals surface area contributed by atoms with Gasteiger partial charge in [0.15, 0.2) is 0 Å². The number of nitrogens with zero attached hydrogens (tertiary/aromatic N) is 1. The van der Waals surface area contributed by atoms with Gasteiger partial charge in [-0.15, -0.1) is 0 Å². The van der Waals surface area contributed by atoms with Gasteiger partial charge in [0.05, 0.1) is 26.4 Å². The largest absolute Gasteiger partial charge is 0.468 e. The molecule has 2 rings (SSSR count). The number of halogens is 1. The molecular formula is C14H18BrNO3. The van der Waals surface area contributed by atoms with E-state index in [0.29, 0.717) is 13.2 Å². The van der Waals surface area contributed by atoms with Crippen LogP contribution in [0.5, 0.6) is 0 Å². The number of methoxy groups -OCH3 is 1. The van der Waals surface area contributed by atoms with E-state index in [0.717, 1.165) is 10.0 Å². The molecule has 1 aliphatic heterocycles. The average Bonchev–Trinajstić information content (AvgIpc) is 2.32. The first-order valence-electron chi connectivity index (χ1n) is 6.09. The second-order valence-electron chi connectivity index (χ2n) is 5.06. The minimum Gasteiger partial charge on any atom is -0.468 e. The lowest BCUT2D eigenvalue weighted by Crippen LogP contribution is -2.57. The van der Waals surface area contributed by atoms with Gasteiger partial charge in [-0.1, -0.05) is 28.1 Å². The van der Waals surface area contributed by atoms with Crippen LogP contribution in [-0.2, 0) is 14.3 Å². The van der Waals surface area contributed by atoms with E-state index >= 15 is 0 Å². The Morgan fingerprint density at radius 3 is 2.58 bits per heavy atom. The number of rotatable bonds is 4. The van der Waals surface area contributed by atoms with Crippen LogP contribution in [0.3, 0.4) is 0 Å². The van der Waals surface area contributed by atoms with Gasteiger partial charge in [-0.05, 0) is 31.8 Å². The zero-order chi connectivity index (χ0) is 14.0. The first-order chi connectivity index (χ1) is 9.01. The molecule has 1 aromatic carbocycles. The van der Waals surface area contributed by atoms with Gasteiger partial charge in [0.1, 0.15) is 5.41 Å². The van der Waals surface area contributed by atoms with Crippen molar-refractivity contribution in [3.8, 4) is 0 Å². The summed E-state index contributed by atoms with van der Waals surface area (Å²) in [6.45, 7) is 0.796. The third kappa shape index (κ3) is 2.55. The summed E-state index contributed by atoms with van der Waals surface area (Å²) in [5, 5.41) is 0. The van der Waals surface area contributed by atoms with Crippen molar-refractivity contribution >= 4 is 21.9 Å². The standard InChI is InChI=1S/C14H18BrNO3/c1-16(2)12(10-5-4-6-11(15)7-10)14(8-19-9-14)13(17)18-3/h4-7,12H,8-9H2,1-3H3. The van der Waals surface area contributed by atoms with Crippen molar-refractivity contribution < 1.29 is 14.3 Å². The summed E-state index contributed by atoms with van der Waals surface area (Å²) in [6, 6.07) is 7.94. The molecular weight excluding hydrogens is 310 g/mol. The molecule has 1 unspecified atom stereocenters. The van der Waals surface area contributed by atoms with Crippen LogP contribution < -0.4 is 0 Å². The quantitative estimate of drug-likeness (QED) is 0.795. The molecule has 0 radical (unpaired) electrons. The van der Waals surface area contributed by atoms with Crippen molar-refractivity contribution in [3.05, 3.63) is 34.3 Å². The average molecular weight is 328 g/mol. The second kappa shape index (κ2) is 5.61. The number of ether oxygens (including phenoxy) is 2. The van der Waals surface area contributed by atoms with Gasteiger partial charge in [-0.3, -0.25) is 4.79 Å². The van der Waals surface area contributed by atoms with Gasteiger partial charge in [-0.25, -0.2) is 0 Å². The zero-order valence-corrected chi connectivity index (χ0v) is 12.9. The highest BCUT2D eigenvalue weighted by molar-refractivity contribution is 9.10. The van der Waals surface area contributed by atoms with Gasteiger partial charge < -0.3 is 14.4 Å². The molecule has 0 saturated carbocycles. The van der Waals surface area contributed by atoms with Gasteiger partial charge in [0.25, 0.3) is 0 Å². The monoisotopic (exact) mass is 327 g/mol. The van der Waals surface area contributed by atoms with Crippen LogP contribution in [0.25, 0.3) is 0 Å². The third-order valence-electron chi connectivity index (χ3n) is 3.52. The molecule has 0 N–H and O–H groups in total. The Kier molecular flexibility index (Phi) is 4.28. The van der Waals surface area contributed by atoms with Crippen LogP contribution in [0.15, 0.2) is 28.7 Å². The molecule has 1 heterocycles. The third-order valence-corrected chi connectivity index (χ3v) is 4.01. The van der Waals surface area contributed by atoms with Gasteiger partial charge in [0, 0.05) is 4.47 Å². The normalized spacial score (nSPS) is 18.8. The molecule has 1 aliphatic rings. The predicted molar refractivity (Wildman–Crippen MR) is 75.8 cm³/mol. The summed E-state index contributed by atoms with van der Waals surface area (Å²) in [6.07, 6.45) is 0. The van der Waals surface area contributed by atoms with E-state index in [2.05, 4.69) is 15.9 Å². The van der Waals surface area contributed by atoms with Gasteiger partial charge >= 0.3 is 5.97 Å². The molecule has 0 aromatic heterocycles. The summed E-state index contributed by atoms with van der Waals surface area (Å²) in [5.41, 5.74) is 0.465. The van der Waals surface area contributed by atoms with Crippen LogP contribution in [0.4, 0.5) is 0 Å². The van der Waals surface area contributed by atoms with E-state index in [1.807, 2.05) is 43.3 Å². The maximum absolute atomic E-state index is 12.2. The molecule has 0 amide bonds. The maximum atomic E-state index is 12.2. The molecule has 4 nitrogen and oxygen atoms in total. The Labute approximate surface area is 121 Å². The molecule has 1 fully saturated rings. The van der Waals surface area contributed by atoms with Gasteiger partial charge in [-0.2, -0.15) is 0 Å². The van der Waals surface area contributed by atoms with Crippen molar-refractivity contribution in [2.24, 2.45) is 5.41 Å². The van der Waals surface area contributed by atoms with E-state index in [9.17, 15) is 4.79 Å². The second-order valence-corrected chi connectivity index (χ2v) is 5.98. The molecule has 19 heavy (non-hydrogen) atoms. The van der Waals surface area contributed by atoms with Crippen molar-refractivity contribution in [3.63, 3.8) is 0 Å². The van der Waals surface area contributed by atoms with Crippen LogP contribution in [0.2, 0.25) is 0 Å². The smallest absolute Gasteiger partial charge is 0.318 e. The summed E-state index contributed by atoms with van der Waals surface area (Å²) >= 11 is 3.47. The lowest BCUT2D eigenvalue weighted by Gasteiger charge is -2.47. The van der Waals surface area contributed by atoms with Crippen LogP contribution in [-0.4, -0.2) is 45.3 Å². The van der Waals surface area contributed by atoms with Crippen LogP contribution >= 0.6 is 15.9 Å².